The molecule has 0 unspecified atom stereocenters. The van der Waals surface area contributed by atoms with Crippen LogP contribution in [0, 0.1) is 6.92 Å². The Hall–Kier alpha value is -1.97. The summed E-state index contributed by atoms with van der Waals surface area (Å²) in [5.74, 6) is 0. The lowest BCUT2D eigenvalue weighted by atomic mass is 10.2. The minimum absolute atomic E-state index is 0.689. The summed E-state index contributed by atoms with van der Waals surface area (Å²) in [7, 11) is 1.91. The lowest BCUT2D eigenvalue weighted by Gasteiger charge is -2.08. The lowest BCUT2D eigenvalue weighted by Crippen LogP contribution is -2.03. The van der Waals surface area contributed by atoms with Crippen LogP contribution in [-0.4, -0.2) is 9.78 Å². The lowest BCUT2D eigenvalue weighted by molar-refractivity contribution is 0.747. The summed E-state index contributed by atoms with van der Waals surface area (Å²) in [6.45, 7) is 2.72. The molecule has 1 heterocycles. The SMILES string of the molecule is Cc1ccc(NCc2ccn(C)n2)c(N)c1. The molecule has 1 aromatic carbocycles. The molecular formula is C12H16N4. The third-order valence-electron chi connectivity index (χ3n) is 2.44. The van der Waals surface area contributed by atoms with Gasteiger partial charge in [-0.15, -0.1) is 0 Å². The Morgan fingerprint density at radius 3 is 2.81 bits per heavy atom. The zero-order valence-corrected chi connectivity index (χ0v) is 9.57. The second-order valence-corrected chi connectivity index (χ2v) is 3.93. The van der Waals surface area contributed by atoms with Gasteiger partial charge in [0.05, 0.1) is 23.6 Å². The van der Waals surface area contributed by atoms with Gasteiger partial charge in [0.1, 0.15) is 0 Å². The summed E-state index contributed by atoms with van der Waals surface area (Å²) in [4.78, 5) is 0. The number of nitrogen functional groups attached to an aromatic ring is 1. The molecule has 0 saturated heterocycles. The number of nitrogens with two attached hydrogens (primary N) is 1. The van der Waals surface area contributed by atoms with Crippen molar-refractivity contribution >= 4 is 11.4 Å². The number of nitrogens with one attached hydrogen (secondary N) is 1. The van der Waals surface area contributed by atoms with E-state index in [1.54, 1.807) is 4.68 Å². The first-order valence-electron chi connectivity index (χ1n) is 5.23. The van der Waals surface area contributed by atoms with Gasteiger partial charge in [-0.3, -0.25) is 4.68 Å². The van der Waals surface area contributed by atoms with Crippen molar-refractivity contribution in [1.29, 1.82) is 0 Å². The number of aromatic nitrogens is 2. The Morgan fingerprint density at radius 1 is 1.38 bits per heavy atom. The summed E-state index contributed by atoms with van der Waals surface area (Å²) in [5.41, 5.74) is 9.80. The minimum Gasteiger partial charge on any atom is -0.397 e. The van der Waals surface area contributed by atoms with E-state index < -0.39 is 0 Å². The van der Waals surface area contributed by atoms with Crippen LogP contribution in [0.4, 0.5) is 11.4 Å². The largest absolute Gasteiger partial charge is 0.397 e. The van der Waals surface area contributed by atoms with Crippen LogP contribution >= 0.6 is 0 Å². The van der Waals surface area contributed by atoms with Gasteiger partial charge in [0, 0.05) is 13.2 Å². The summed E-state index contributed by atoms with van der Waals surface area (Å²) >= 11 is 0. The molecule has 0 radical (unpaired) electrons. The molecule has 0 aliphatic heterocycles. The van der Waals surface area contributed by atoms with Crippen LogP contribution in [0.3, 0.4) is 0 Å². The summed E-state index contributed by atoms with van der Waals surface area (Å²) < 4.78 is 1.79. The van der Waals surface area contributed by atoms with E-state index in [9.17, 15) is 0 Å². The van der Waals surface area contributed by atoms with Crippen LogP contribution in [0.15, 0.2) is 30.5 Å². The molecule has 0 fully saturated rings. The molecule has 0 amide bonds. The molecule has 0 spiro atoms. The first kappa shape index (κ1) is 10.5. The fourth-order valence-corrected chi connectivity index (χ4v) is 1.59. The first-order valence-corrected chi connectivity index (χ1v) is 5.23. The van der Waals surface area contributed by atoms with Gasteiger partial charge in [0.2, 0.25) is 0 Å². The Labute approximate surface area is 95.1 Å². The van der Waals surface area contributed by atoms with Crippen molar-refractivity contribution in [3.8, 4) is 0 Å². The average Bonchev–Trinajstić information content (AvgIpc) is 2.63. The quantitative estimate of drug-likeness (QED) is 0.771. The predicted molar refractivity (Wildman–Crippen MR) is 66.1 cm³/mol. The van der Waals surface area contributed by atoms with Gasteiger partial charge in [0.15, 0.2) is 0 Å². The summed E-state index contributed by atoms with van der Waals surface area (Å²) in [6.07, 6.45) is 1.93. The van der Waals surface area contributed by atoms with Crippen LogP contribution < -0.4 is 11.1 Å². The molecule has 84 valence electrons. The highest BCUT2D eigenvalue weighted by molar-refractivity contribution is 5.66. The van der Waals surface area contributed by atoms with Gasteiger partial charge >= 0.3 is 0 Å². The molecule has 0 aliphatic rings. The standard InChI is InChI=1S/C12H16N4/c1-9-3-4-12(11(13)7-9)14-8-10-5-6-16(2)15-10/h3-7,14H,8,13H2,1-2H3. The highest BCUT2D eigenvalue weighted by Gasteiger charge is 2.00. The van der Waals surface area contributed by atoms with Crippen molar-refractivity contribution in [2.45, 2.75) is 13.5 Å². The molecule has 4 heteroatoms. The Balaban J connectivity index is 2.04. The van der Waals surface area contributed by atoms with Crippen LogP contribution in [0.1, 0.15) is 11.3 Å². The Bertz CT molecular complexity index is 488. The van der Waals surface area contributed by atoms with Crippen LogP contribution in [0.2, 0.25) is 0 Å². The maximum absolute atomic E-state index is 5.90. The minimum atomic E-state index is 0.689. The average molecular weight is 216 g/mol. The molecule has 0 bridgehead atoms. The van der Waals surface area contributed by atoms with Crippen LogP contribution in [0.5, 0.6) is 0 Å². The topological polar surface area (TPSA) is 55.9 Å². The van der Waals surface area contributed by atoms with Crippen LogP contribution in [0.25, 0.3) is 0 Å². The fourth-order valence-electron chi connectivity index (χ4n) is 1.59. The molecule has 0 aliphatic carbocycles. The highest BCUT2D eigenvalue weighted by atomic mass is 15.3. The Kier molecular flexibility index (Phi) is 2.81. The van der Waals surface area contributed by atoms with Crippen molar-refractivity contribution in [2.75, 3.05) is 11.1 Å². The molecule has 16 heavy (non-hydrogen) atoms. The smallest absolute Gasteiger partial charge is 0.0815 e. The van der Waals surface area contributed by atoms with Gasteiger partial charge in [-0.25, -0.2) is 0 Å². The zero-order chi connectivity index (χ0) is 11.5. The van der Waals surface area contributed by atoms with E-state index in [0.717, 1.165) is 17.1 Å². The molecule has 0 saturated carbocycles. The summed E-state index contributed by atoms with van der Waals surface area (Å²) in [6, 6.07) is 7.98. The predicted octanol–water partition coefficient (Wildman–Crippen LogP) is 1.92. The van der Waals surface area contributed by atoms with Gasteiger partial charge < -0.3 is 11.1 Å². The fraction of sp³-hybridized carbons (Fsp3) is 0.250. The monoisotopic (exact) mass is 216 g/mol. The maximum Gasteiger partial charge on any atom is 0.0815 e. The summed E-state index contributed by atoms with van der Waals surface area (Å²) in [5, 5.41) is 7.56. The van der Waals surface area contributed by atoms with Crippen molar-refractivity contribution in [2.24, 2.45) is 7.05 Å². The van der Waals surface area contributed by atoms with Crippen molar-refractivity contribution in [1.82, 2.24) is 9.78 Å². The van der Waals surface area contributed by atoms with Crippen molar-refractivity contribution < 1.29 is 0 Å². The van der Waals surface area contributed by atoms with E-state index in [1.807, 2.05) is 44.4 Å². The van der Waals surface area contributed by atoms with Gasteiger partial charge in [-0.05, 0) is 30.7 Å². The number of rotatable bonds is 3. The zero-order valence-electron chi connectivity index (χ0n) is 9.57. The molecule has 4 nitrogen and oxygen atoms in total. The van der Waals surface area contributed by atoms with Gasteiger partial charge in [-0.2, -0.15) is 5.10 Å². The van der Waals surface area contributed by atoms with E-state index >= 15 is 0 Å². The third-order valence-corrected chi connectivity index (χ3v) is 2.44. The van der Waals surface area contributed by atoms with Crippen molar-refractivity contribution in [3.63, 3.8) is 0 Å². The van der Waals surface area contributed by atoms with Gasteiger partial charge in [-0.1, -0.05) is 6.07 Å². The van der Waals surface area contributed by atoms with Crippen LogP contribution in [-0.2, 0) is 13.6 Å². The van der Waals surface area contributed by atoms with E-state index in [0.29, 0.717) is 6.54 Å². The maximum atomic E-state index is 5.90. The van der Waals surface area contributed by atoms with E-state index in [-0.39, 0.29) is 0 Å². The normalized spacial score (nSPS) is 10.4. The number of benzene rings is 1. The molecule has 3 N–H and O–H groups in total. The van der Waals surface area contributed by atoms with Crippen molar-refractivity contribution in [3.05, 3.63) is 41.7 Å². The molecule has 0 atom stereocenters. The number of anilines is 2. The molecular weight excluding hydrogens is 200 g/mol. The van der Waals surface area contributed by atoms with E-state index in [4.69, 9.17) is 5.73 Å². The number of hydrogen-bond donors (Lipinski definition) is 2. The highest BCUT2D eigenvalue weighted by Crippen LogP contribution is 2.19. The second kappa shape index (κ2) is 4.26. The van der Waals surface area contributed by atoms with E-state index in [1.165, 1.54) is 5.56 Å². The van der Waals surface area contributed by atoms with Gasteiger partial charge in [0.25, 0.3) is 0 Å². The number of hydrogen-bond acceptors (Lipinski definition) is 3. The number of nitrogens with zero attached hydrogens (tertiary/aromatic N) is 2. The van der Waals surface area contributed by atoms with E-state index in [2.05, 4.69) is 10.4 Å². The Morgan fingerprint density at radius 2 is 2.19 bits per heavy atom. The second-order valence-electron chi connectivity index (χ2n) is 3.93. The number of aryl methyl sites for hydroxylation is 2. The third kappa shape index (κ3) is 2.34. The first-order chi connectivity index (χ1) is 7.65. The molecule has 2 rings (SSSR count). The molecule has 2 aromatic rings. The molecule has 1 aromatic heterocycles.